The molecule has 1 spiro atoms. The molecule has 2 N–H and O–H groups in total. The number of carbonyl (C=O) groups excluding carboxylic acids is 2. The van der Waals surface area contributed by atoms with Gasteiger partial charge in [0.05, 0.1) is 7.11 Å². The van der Waals surface area contributed by atoms with E-state index in [1.54, 1.807) is 6.92 Å². The minimum atomic E-state index is -0.835. The van der Waals surface area contributed by atoms with Gasteiger partial charge in [0.15, 0.2) is 5.78 Å². The Kier molecular flexibility index (Phi) is 7.07. The van der Waals surface area contributed by atoms with Crippen LogP contribution in [-0.4, -0.2) is 36.1 Å². The number of benzene rings is 2. The molecule has 4 rings (SSSR count). The smallest absolute Gasteiger partial charge is 0.331 e. The number of aliphatic hydroxyl groups excluding tert-OH is 1. The van der Waals surface area contributed by atoms with Crippen LogP contribution >= 0.6 is 11.6 Å². The van der Waals surface area contributed by atoms with E-state index in [0.717, 1.165) is 36.9 Å². The number of hydrogen-bond donors (Lipinski definition) is 2. The summed E-state index contributed by atoms with van der Waals surface area (Å²) in [7, 11) is 1.43. The third kappa shape index (κ3) is 4.48. The largest absolute Gasteiger partial charge is 0.467 e. The van der Waals surface area contributed by atoms with E-state index in [1.807, 2.05) is 30.3 Å². The first-order valence-corrected chi connectivity index (χ1v) is 12.5. The van der Waals surface area contributed by atoms with Gasteiger partial charge in [-0.05, 0) is 98.1 Å². The summed E-state index contributed by atoms with van der Waals surface area (Å²) in [6, 6.07) is 13.5. The van der Waals surface area contributed by atoms with Crippen molar-refractivity contribution in [2.45, 2.75) is 63.3 Å². The van der Waals surface area contributed by atoms with Crippen LogP contribution in [0.3, 0.4) is 0 Å². The predicted octanol–water partition coefficient (Wildman–Crippen LogP) is 5.57. The van der Waals surface area contributed by atoms with Gasteiger partial charge in [-0.1, -0.05) is 36.7 Å². The fraction of sp³-hybridized carbons (Fsp3) is 0.500. The fourth-order valence-corrected chi connectivity index (χ4v) is 6.40. The molecule has 1 fully saturated rings. The van der Waals surface area contributed by atoms with Crippen molar-refractivity contribution < 1.29 is 19.4 Å². The zero-order valence-corrected chi connectivity index (χ0v) is 21.0. The monoisotopic (exact) mass is 483 g/mol. The van der Waals surface area contributed by atoms with Crippen molar-refractivity contribution in [1.82, 2.24) is 0 Å². The number of esters is 1. The van der Waals surface area contributed by atoms with E-state index in [-0.39, 0.29) is 29.7 Å². The molecular formula is C28H34ClNO4. The van der Waals surface area contributed by atoms with Crippen molar-refractivity contribution in [3.05, 3.63) is 64.2 Å². The molecule has 182 valence electrons. The first-order valence-electron chi connectivity index (χ1n) is 12.1. The Morgan fingerprint density at radius 3 is 2.53 bits per heavy atom. The van der Waals surface area contributed by atoms with E-state index in [0.29, 0.717) is 23.8 Å². The Morgan fingerprint density at radius 1 is 1.18 bits per heavy atom. The van der Waals surface area contributed by atoms with Crippen LogP contribution in [0.1, 0.15) is 67.4 Å². The molecule has 1 saturated carbocycles. The molecule has 0 unspecified atom stereocenters. The van der Waals surface area contributed by atoms with E-state index < -0.39 is 5.54 Å². The van der Waals surface area contributed by atoms with Gasteiger partial charge in [0, 0.05) is 22.9 Å². The lowest BCUT2D eigenvalue weighted by Crippen LogP contribution is -2.53. The van der Waals surface area contributed by atoms with Crippen molar-refractivity contribution in [2.75, 3.05) is 19.0 Å². The van der Waals surface area contributed by atoms with E-state index >= 15 is 0 Å². The van der Waals surface area contributed by atoms with Crippen LogP contribution in [0.25, 0.3) is 0 Å². The highest BCUT2D eigenvalue weighted by Gasteiger charge is 2.54. The average Bonchev–Trinajstić information content (AvgIpc) is 3.12. The number of Topliss-reactive ketones (excluding diaryl/α,β-unsaturated/α-hetero) is 1. The fourth-order valence-electron chi connectivity index (χ4n) is 6.21. The summed E-state index contributed by atoms with van der Waals surface area (Å²) < 4.78 is 5.26. The number of aliphatic hydroxyl groups is 1. The highest BCUT2D eigenvalue weighted by atomic mass is 35.5. The quantitative estimate of drug-likeness (QED) is 0.397. The number of methoxy groups -OCH3 is 1. The van der Waals surface area contributed by atoms with E-state index in [9.17, 15) is 14.7 Å². The summed E-state index contributed by atoms with van der Waals surface area (Å²) in [4.78, 5) is 25.2. The van der Waals surface area contributed by atoms with Gasteiger partial charge in [-0.15, -0.1) is 0 Å². The second kappa shape index (κ2) is 9.71. The Hall–Kier alpha value is -2.37. The second-order valence-electron chi connectivity index (χ2n) is 10.2. The van der Waals surface area contributed by atoms with Gasteiger partial charge in [0.1, 0.15) is 5.54 Å². The highest BCUT2D eigenvalue weighted by Crippen LogP contribution is 2.56. The normalized spacial score (nSPS) is 26.7. The van der Waals surface area contributed by atoms with Crippen molar-refractivity contribution in [2.24, 2.45) is 11.8 Å². The molecule has 0 amide bonds. The van der Waals surface area contributed by atoms with Crippen LogP contribution in [0.2, 0.25) is 5.02 Å². The zero-order chi connectivity index (χ0) is 24.5. The maximum atomic E-state index is 13.1. The van der Waals surface area contributed by atoms with Gasteiger partial charge < -0.3 is 15.2 Å². The number of halogens is 1. The maximum absolute atomic E-state index is 13.1. The molecule has 0 bridgehead atoms. The molecular weight excluding hydrogens is 450 g/mol. The molecule has 2 aliphatic rings. The first-order chi connectivity index (χ1) is 16.2. The molecule has 2 aromatic carbocycles. The van der Waals surface area contributed by atoms with Crippen molar-refractivity contribution >= 4 is 29.0 Å². The van der Waals surface area contributed by atoms with Gasteiger partial charge in [-0.2, -0.15) is 0 Å². The minimum absolute atomic E-state index is 0.0625. The van der Waals surface area contributed by atoms with Gasteiger partial charge in [0.2, 0.25) is 0 Å². The predicted molar refractivity (Wildman–Crippen MR) is 134 cm³/mol. The number of ether oxygens (including phenoxy) is 1. The van der Waals surface area contributed by atoms with Crippen LogP contribution in [-0.2, 0) is 21.4 Å². The summed E-state index contributed by atoms with van der Waals surface area (Å²) in [6.07, 6.45) is 4.66. The number of rotatable bonds is 7. The maximum Gasteiger partial charge on any atom is 0.331 e. The van der Waals surface area contributed by atoms with Gasteiger partial charge in [-0.3, -0.25) is 4.79 Å². The van der Waals surface area contributed by atoms with E-state index in [2.05, 4.69) is 24.4 Å². The zero-order valence-electron chi connectivity index (χ0n) is 20.2. The molecule has 0 saturated heterocycles. The summed E-state index contributed by atoms with van der Waals surface area (Å²) in [5.74, 6) is 0.347. The summed E-state index contributed by atoms with van der Waals surface area (Å²) in [5.41, 5.74) is 3.10. The number of ketones is 1. The van der Waals surface area contributed by atoms with Gasteiger partial charge in [0.25, 0.3) is 0 Å². The van der Waals surface area contributed by atoms with Crippen LogP contribution in [0.15, 0.2) is 42.5 Å². The molecule has 2 atom stereocenters. The number of fused-ring (bicyclic) bond motifs is 2. The van der Waals surface area contributed by atoms with Crippen LogP contribution < -0.4 is 5.32 Å². The first kappa shape index (κ1) is 24.7. The number of hydrogen-bond acceptors (Lipinski definition) is 5. The Bertz CT molecular complexity index is 1070. The minimum Gasteiger partial charge on any atom is -0.467 e. The van der Waals surface area contributed by atoms with Gasteiger partial charge in [-0.25, -0.2) is 4.79 Å². The molecule has 2 aromatic rings. The molecule has 0 aromatic heterocycles. The molecule has 0 radical (unpaired) electrons. The summed E-state index contributed by atoms with van der Waals surface area (Å²) >= 11 is 6.19. The van der Waals surface area contributed by atoms with Gasteiger partial charge >= 0.3 is 5.97 Å². The molecule has 5 nitrogen and oxygen atoms in total. The summed E-state index contributed by atoms with van der Waals surface area (Å²) in [5, 5.41) is 13.8. The highest BCUT2D eigenvalue weighted by molar-refractivity contribution is 6.30. The number of nitrogens with one attached hydrogen (secondary N) is 1. The third-order valence-electron chi connectivity index (χ3n) is 8.08. The van der Waals surface area contributed by atoms with Crippen LogP contribution in [0.5, 0.6) is 0 Å². The van der Waals surface area contributed by atoms with E-state index in [4.69, 9.17) is 16.3 Å². The average molecular weight is 484 g/mol. The standard InChI is InChI=1S/C28H34ClNO4/c1-18(17-31)13-22-14-21-8-7-20(19(2)32)15-25(21)27(22)9-11-28(12-10-27,26(33)34-3)30-24-6-4-5-23(29)16-24/h4-8,15-16,18,22,30-31H,9-14,17H2,1-3H3/t18-,22-,27?,28?/m1/s1. The number of carbonyl (C=O) groups is 2. The van der Waals surface area contributed by atoms with Crippen molar-refractivity contribution in [1.29, 1.82) is 0 Å². The Balaban J connectivity index is 1.70. The Morgan fingerprint density at radius 2 is 1.91 bits per heavy atom. The SMILES string of the molecule is COC(=O)C1(Nc2cccc(Cl)c2)CCC2(CC1)c1cc(C(C)=O)ccc1C[C@H]2C[C@@H](C)CO. The summed E-state index contributed by atoms with van der Waals surface area (Å²) in [6.45, 7) is 3.84. The molecule has 0 aliphatic heterocycles. The molecule has 0 heterocycles. The van der Waals surface area contributed by atoms with Crippen LogP contribution in [0, 0.1) is 11.8 Å². The molecule has 2 aliphatic carbocycles. The Labute approximate surface area is 206 Å². The third-order valence-corrected chi connectivity index (χ3v) is 8.31. The van der Waals surface area contributed by atoms with Crippen molar-refractivity contribution in [3.63, 3.8) is 0 Å². The molecule has 6 heteroatoms. The lowest BCUT2D eigenvalue weighted by molar-refractivity contribution is -0.148. The topological polar surface area (TPSA) is 75.6 Å². The lowest BCUT2D eigenvalue weighted by atomic mass is 9.59. The number of anilines is 1. The second-order valence-corrected chi connectivity index (χ2v) is 10.7. The van der Waals surface area contributed by atoms with E-state index in [1.165, 1.54) is 18.2 Å². The van der Waals surface area contributed by atoms with Crippen molar-refractivity contribution in [3.8, 4) is 0 Å². The molecule has 34 heavy (non-hydrogen) atoms. The lowest BCUT2D eigenvalue weighted by Gasteiger charge is -2.47. The van der Waals surface area contributed by atoms with Crippen LogP contribution in [0.4, 0.5) is 5.69 Å².